The molecule has 0 amide bonds. The summed E-state index contributed by atoms with van der Waals surface area (Å²) in [5, 5.41) is 30.9. The van der Waals surface area contributed by atoms with Gasteiger partial charge in [0.1, 0.15) is 0 Å². The van der Waals surface area contributed by atoms with E-state index in [0.717, 1.165) is 22.2 Å². The number of likely N-dealkylation sites (tertiary alicyclic amines) is 1. The molecular weight excluding hydrogens is 342 g/mol. The summed E-state index contributed by atoms with van der Waals surface area (Å²) in [4.78, 5) is 10.6. The first-order valence-electron chi connectivity index (χ1n) is 9.13. The van der Waals surface area contributed by atoms with E-state index in [1.165, 1.54) is 0 Å². The average Bonchev–Trinajstić information content (AvgIpc) is 2.92. The second kappa shape index (κ2) is 7.70. The maximum Gasteiger partial charge on any atom is 0.0991 e. The molecule has 0 radical (unpaired) electrons. The number of fused-ring (bicyclic) bond motifs is 1. The van der Waals surface area contributed by atoms with Gasteiger partial charge in [0.2, 0.25) is 0 Å². The lowest BCUT2D eigenvalue weighted by Gasteiger charge is -2.30. The van der Waals surface area contributed by atoms with E-state index in [4.69, 9.17) is 0 Å². The molecule has 3 aromatic rings. The third-order valence-electron chi connectivity index (χ3n) is 5.36. The van der Waals surface area contributed by atoms with Crippen molar-refractivity contribution in [2.45, 2.75) is 37.3 Å². The summed E-state index contributed by atoms with van der Waals surface area (Å²) < 4.78 is 0. The van der Waals surface area contributed by atoms with Crippen molar-refractivity contribution in [3.8, 4) is 0 Å². The summed E-state index contributed by atoms with van der Waals surface area (Å²) in [5.41, 5.74) is 3.71. The molecule has 1 aliphatic heterocycles. The highest BCUT2D eigenvalue weighted by molar-refractivity contribution is 5.74. The van der Waals surface area contributed by atoms with Gasteiger partial charge in [-0.25, -0.2) is 0 Å². The van der Waals surface area contributed by atoms with Crippen LogP contribution in [0.2, 0.25) is 0 Å². The van der Waals surface area contributed by atoms with Crippen LogP contribution in [0, 0.1) is 0 Å². The smallest absolute Gasteiger partial charge is 0.0991 e. The van der Waals surface area contributed by atoms with Crippen LogP contribution < -0.4 is 0 Å². The topological polar surface area (TPSA) is 89.7 Å². The minimum absolute atomic E-state index is 0.211. The molecule has 2 aromatic carbocycles. The molecule has 4 rings (SSSR count). The van der Waals surface area contributed by atoms with Crippen molar-refractivity contribution in [3.63, 3.8) is 0 Å². The number of rotatable bonds is 5. The van der Waals surface area contributed by atoms with E-state index in [1.807, 2.05) is 53.4 Å². The van der Waals surface area contributed by atoms with Crippen LogP contribution in [0.5, 0.6) is 0 Å². The van der Waals surface area contributed by atoms with Gasteiger partial charge >= 0.3 is 0 Å². The second-order valence-electron chi connectivity index (χ2n) is 7.04. The Balaban J connectivity index is 1.63. The first-order chi connectivity index (χ1) is 13.2. The van der Waals surface area contributed by atoms with Gasteiger partial charge in [-0.05, 0) is 29.7 Å². The van der Waals surface area contributed by atoms with Crippen molar-refractivity contribution < 1.29 is 15.3 Å². The zero-order chi connectivity index (χ0) is 18.8. The van der Waals surface area contributed by atoms with Crippen LogP contribution in [-0.2, 0) is 13.0 Å². The molecule has 1 aromatic heterocycles. The zero-order valence-electron chi connectivity index (χ0n) is 14.9. The fraction of sp³-hybridized carbons (Fsp3) is 0.333. The fourth-order valence-corrected chi connectivity index (χ4v) is 3.95. The first-order valence-corrected chi connectivity index (χ1v) is 9.13. The molecule has 6 nitrogen and oxygen atoms in total. The van der Waals surface area contributed by atoms with Crippen molar-refractivity contribution >= 4 is 11.0 Å². The van der Waals surface area contributed by atoms with E-state index in [9.17, 15) is 15.3 Å². The van der Waals surface area contributed by atoms with Crippen LogP contribution >= 0.6 is 0 Å². The zero-order valence-corrected chi connectivity index (χ0v) is 14.9. The van der Waals surface area contributed by atoms with Crippen LogP contribution in [0.25, 0.3) is 11.0 Å². The lowest BCUT2D eigenvalue weighted by atomic mass is 10.0. The van der Waals surface area contributed by atoms with Crippen LogP contribution in [0.1, 0.15) is 11.1 Å². The Bertz CT molecular complexity index is 905. The number of aliphatic hydroxyl groups excluding tert-OH is 3. The van der Waals surface area contributed by atoms with E-state index < -0.39 is 18.2 Å². The van der Waals surface area contributed by atoms with Crippen LogP contribution in [0.4, 0.5) is 0 Å². The normalized spacial score (nSPS) is 25.9. The highest BCUT2D eigenvalue weighted by atomic mass is 16.3. The Hall–Kier alpha value is -2.38. The predicted molar refractivity (Wildman–Crippen MR) is 102 cm³/mol. The highest BCUT2D eigenvalue weighted by Gasteiger charge is 2.46. The summed E-state index contributed by atoms with van der Waals surface area (Å²) >= 11 is 0. The maximum absolute atomic E-state index is 10.6. The van der Waals surface area contributed by atoms with Crippen molar-refractivity contribution in [2.75, 3.05) is 6.61 Å². The molecule has 1 saturated heterocycles. The molecule has 0 bridgehead atoms. The van der Waals surface area contributed by atoms with Crippen molar-refractivity contribution in [1.82, 2.24) is 14.9 Å². The molecule has 140 valence electrons. The van der Waals surface area contributed by atoms with Crippen molar-refractivity contribution in [1.29, 1.82) is 0 Å². The molecule has 0 saturated carbocycles. The van der Waals surface area contributed by atoms with Gasteiger partial charge in [-0.3, -0.25) is 14.9 Å². The minimum atomic E-state index is -0.982. The van der Waals surface area contributed by atoms with Crippen LogP contribution in [0.3, 0.4) is 0 Å². The summed E-state index contributed by atoms with van der Waals surface area (Å²) in [5.74, 6) is 0. The summed E-state index contributed by atoms with van der Waals surface area (Å²) in [6, 6.07) is 15.0. The van der Waals surface area contributed by atoms with Gasteiger partial charge in [-0.1, -0.05) is 36.4 Å². The predicted octanol–water partition coefficient (Wildman–Crippen LogP) is 1.14. The van der Waals surface area contributed by atoms with Crippen LogP contribution in [-0.4, -0.2) is 61.1 Å². The van der Waals surface area contributed by atoms with E-state index in [-0.39, 0.29) is 12.6 Å². The highest BCUT2D eigenvalue weighted by Crippen LogP contribution is 2.30. The summed E-state index contributed by atoms with van der Waals surface area (Å²) in [6.45, 7) is 0.292. The molecule has 6 heteroatoms. The number of nitrogens with zero attached hydrogens (tertiary/aromatic N) is 3. The third-order valence-corrected chi connectivity index (χ3v) is 5.36. The Labute approximate surface area is 157 Å². The Morgan fingerprint density at radius 1 is 0.815 bits per heavy atom. The van der Waals surface area contributed by atoms with Gasteiger partial charge in [0.15, 0.2) is 0 Å². The van der Waals surface area contributed by atoms with E-state index in [2.05, 4.69) is 9.97 Å². The maximum atomic E-state index is 10.6. The number of aliphatic hydroxyl groups is 3. The van der Waals surface area contributed by atoms with Crippen LogP contribution in [0.15, 0.2) is 60.9 Å². The quantitative estimate of drug-likeness (QED) is 0.628. The minimum Gasteiger partial charge on any atom is -0.395 e. The van der Waals surface area contributed by atoms with Gasteiger partial charge in [0.25, 0.3) is 0 Å². The standard InChI is InChI=1S/C21H23N3O3/c25-13-19-21(27)20(26)18(11-14-4-2-1-3-5-14)24(19)12-15-6-7-16-17(10-15)23-9-8-22-16/h1-10,18-21,25-27H,11-13H2/t18-,19+,20-,21+/m0/s1. The summed E-state index contributed by atoms with van der Waals surface area (Å²) in [7, 11) is 0. The molecular formula is C21H23N3O3. The Morgan fingerprint density at radius 3 is 2.26 bits per heavy atom. The largest absolute Gasteiger partial charge is 0.395 e. The SMILES string of the molecule is OC[C@@H]1[C@@H](O)[C@@H](O)[C@H](Cc2ccccc2)N1Cc1ccc2nccnc2c1. The van der Waals surface area contributed by atoms with Crippen molar-refractivity contribution in [2.24, 2.45) is 0 Å². The Morgan fingerprint density at radius 2 is 1.52 bits per heavy atom. The Kier molecular flexibility index (Phi) is 5.13. The first kappa shape index (κ1) is 18.0. The molecule has 3 N–H and O–H groups in total. The van der Waals surface area contributed by atoms with Gasteiger partial charge in [-0.15, -0.1) is 0 Å². The van der Waals surface area contributed by atoms with Gasteiger partial charge in [0, 0.05) is 25.0 Å². The number of aromatic nitrogens is 2. The average molecular weight is 365 g/mol. The van der Waals surface area contributed by atoms with E-state index in [1.54, 1.807) is 12.4 Å². The lowest BCUT2D eigenvalue weighted by Crippen LogP contribution is -2.41. The molecule has 0 aliphatic carbocycles. The van der Waals surface area contributed by atoms with Gasteiger partial charge in [-0.2, -0.15) is 0 Å². The fourth-order valence-electron chi connectivity index (χ4n) is 3.95. The monoisotopic (exact) mass is 365 g/mol. The molecule has 2 heterocycles. The van der Waals surface area contributed by atoms with Gasteiger partial charge < -0.3 is 15.3 Å². The second-order valence-corrected chi connectivity index (χ2v) is 7.04. The third kappa shape index (κ3) is 3.57. The molecule has 4 atom stereocenters. The molecule has 0 unspecified atom stereocenters. The van der Waals surface area contributed by atoms with E-state index >= 15 is 0 Å². The molecule has 1 fully saturated rings. The number of hydrogen-bond donors (Lipinski definition) is 3. The summed E-state index contributed by atoms with van der Waals surface area (Å²) in [6.07, 6.45) is 2.02. The molecule has 0 spiro atoms. The van der Waals surface area contributed by atoms with Gasteiger partial charge in [0.05, 0.1) is 35.9 Å². The number of benzene rings is 2. The molecule has 27 heavy (non-hydrogen) atoms. The number of hydrogen-bond acceptors (Lipinski definition) is 6. The van der Waals surface area contributed by atoms with Crippen molar-refractivity contribution in [3.05, 3.63) is 72.1 Å². The lowest BCUT2D eigenvalue weighted by molar-refractivity contribution is 0.0178. The van der Waals surface area contributed by atoms with E-state index in [0.29, 0.717) is 13.0 Å². The molecule has 1 aliphatic rings.